The number of piperidine rings is 1. The Labute approximate surface area is 106 Å². The summed E-state index contributed by atoms with van der Waals surface area (Å²) in [7, 11) is 0. The van der Waals surface area contributed by atoms with Crippen LogP contribution in [0.3, 0.4) is 0 Å². The van der Waals surface area contributed by atoms with E-state index in [2.05, 4.69) is 18.7 Å². The van der Waals surface area contributed by atoms with E-state index < -0.39 is 0 Å². The third-order valence-electron chi connectivity index (χ3n) is 3.79. The van der Waals surface area contributed by atoms with Gasteiger partial charge in [-0.3, -0.25) is 4.79 Å². The minimum absolute atomic E-state index is 0.251. The molecule has 2 N–H and O–H groups in total. The van der Waals surface area contributed by atoms with Crippen molar-refractivity contribution in [3.63, 3.8) is 0 Å². The van der Waals surface area contributed by atoms with Gasteiger partial charge in [0.25, 0.3) is 0 Å². The molecule has 0 aromatic rings. The lowest BCUT2D eigenvalue weighted by Gasteiger charge is -2.34. The number of amides is 1. The summed E-state index contributed by atoms with van der Waals surface area (Å²) < 4.78 is 0. The van der Waals surface area contributed by atoms with Gasteiger partial charge in [-0.25, -0.2) is 0 Å². The molecule has 0 unspecified atom stereocenters. The fourth-order valence-electron chi connectivity index (χ4n) is 2.80. The number of nitrogens with zero attached hydrogens (tertiary/aromatic N) is 1. The maximum atomic E-state index is 12.4. The quantitative estimate of drug-likeness (QED) is 0.775. The molecule has 0 aromatic heterocycles. The molecule has 0 spiro atoms. The Balaban J connectivity index is 2.53. The average Bonchev–Trinajstić information content (AvgIpc) is 2.38. The Bertz CT molecular complexity index is 224. The molecule has 1 heterocycles. The molecule has 100 valence electrons. The monoisotopic (exact) mass is 240 g/mol. The molecule has 1 saturated heterocycles. The van der Waals surface area contributed by atoms with Gasteiger partial charge in [0.15, 0.2) is 0 Å². The van der Waals surface area contributed by atoms with Crippen LogP contribution in [0.1, 0.15) is 52.4 Å². The van der Waals surface area contributed by atoms with Gasteiger partial charge in [-0.05, 0) is 38.1 Å². The van der Waals surface area contributed by atoms with Crippen molar-refractivity contribution in [1.29, 1.82) is 0 Å². The summed E-state index contributed by atoms with van der Waals surface area (Å²) in [5.74, 6) is 1.16. The van der Waals surface area contributed by atoms with Gasteiger partial charge >= 0.3 is 0 Å². The van der Waals surface area contributed by atoms with Crippen LogP contribution >= 0.6 is 0 Å². The molecule has 0 aliphatic carbocycles. The summed E-state index contributed by atoms with van der Waals surface area (Å²) in [6, 6.07) is 0. The smallest absolute Gasteiger partial charge is 0.225 e. The average molecular weight is 240 g/mol. The van der Waals surface area contributed by atoms with Crippen molar-refractivity contribution >= 4 is 5.91 Å². The number of nitrogens with two attached hydrogens (primary N) is 1. The number of carbonyl (C=O) groups excluding carboxylic acids is 1. The minimum atomic E-state index is 0.251. The van der Waals surface area contributed by atoms with E-state index >= 15 is 0 Å². The Kier molecular flexibility index (Phi) is 6.56. The molecule has 1 fully saturated rings. The third kappa shape index (κ3) is 4.30. The predicted octanol–water partition coefficient (Wildman–Crippen LogP) is 2.40. The molecule has 0 aromatic carbocycles. The van der Waals surface area contributed by atoms with Crippen LogP contribution in [0, 0.1) is 11.8 Å². The van der Waals surface area contributed by atoms with Crippen LogP contribution in [-0.4, -0.2) is 30.4 Å². The van der Waals surface area contributed by atoms with Gasteiger partial charge in [-0.2, -0.15) is 0 Å². The van der Waals surface area contributed by atoms with Crippen molar-refractivity contribution in [2.24, 2.45) is 17.6 Å². The molecule has 3 nitrogen and oxygen atoms in total. The standard InChI is InChI=1S/C14H28N2O/c1-3-6-13(7-4-2)14(17)16-9-5-8-12(10-15)11-16/h12-13H,3-11,15H2,1-2H3/t12-/m1/s1. The molecule has 3 heteroatoms. The highest BCUT2D eigenvalue weighted by Gasteiger charge is 2.27. The van der Waals surface area contributed by atoms with Gasteiger partial charge in [0.2, 0.25) is 5.91 Å². The summed E-state index contributed by atoms with van der Waals surface area (Å²) in [6.45, 7) is 6.87. The van der Waals surface area contributed by atoms with Gasteiger partial charge in [0.1, 0.15) is 0 Å². The molecule has 17 heavy (non-hydrogen) atoms. The molecule has 1 rings (SSSR count). The molecule has 0 bridgehead atoms. The van der Waals surface area contributed by atoms with E-state index in [0.717, 1.165) is 51.7 Å². The highest BCUT2D eigenvalue weighted by molar-refractivity contribution is 5.78. The Morgan fingerprint density at radius 1 is 1.35 bits per heavy atom. The van der Waals surface area contributed by atoms with Crippen LogP contribution in [0.25, 0.3) is 0 Å². The van der Waals surface area contributed by atoms with Crippen molar-refractivity contribution in [2.75, 3.05) is 19.6 Å². The lowest BCUT2D eigenvalue weighted by atomic mass is 9.93. The van der Waals surface area contributed by atoms with Crippen LogP contribution in [0.5, 0.6) is 0 Å². The lowest BCUT2D eigenvalue weighted by Crippen LogP contribution is -2.44. The largest absolute Gasteiger partial charge is 0.342 e. The molecule has 1 atom stereocenters. The Morgan fingerprint density at radius 2 is 2.00 bits per heavy atom. The first-order chi connectivity index (χ1) is 8.22. The zero-order valence-electron chi connectivity index (χ0n) is 11.5. The van der Waals surface area contributed by atoms with Gasteiger partial charge in [0.05, 0.1) is 0 Å². The van der Waals surface area contributed by atoms with E-state index in [4.69, 9.17) is 5.73 Å². The van der Waals surface area contributed by atoms with Crippen molar-refractivity contribution < 1.29 is 4.79 Å². The predicted molar refractivity (Wildman–Crippen MR) is 71.7 cm³/mol. The van der Waals surface area contributed by atoms with Crippen molar-refractivity contribution in [1.82, 2.24) is 4.90 Å². The van der Waals surface area contributed by atoms with Crippen LogP contribution in [0.4, 0.5) is 0 Å². The van der Waals surface area contributed by atoms with E-state index in [0.29, 0.717) is 11.8 Å². The summed E-state index contributed by atoms with van der Waals surface area (Å²) in [6.07, 6.45) is 6.59. The number of rotatable bonds is 6. The first kappa shape index (κ1) is 14.5. The van der Waals surface area contributed by atoms with Crippen LogP contribution in [0.15, 0.2) is 0 Å². The van der Waals surface area contributed by atoms with E-state index in [-0.39, 0.29) is 5.92 Å². The first-order valence-corrected chi connectivity index (χ1v) is 7.21. The highest BCUT2D eigenvalue weighted by atomic mass is 16.2. The summed E-state index contributed by atoms with van der Waals surface area (Å²) >= 11 is 0. The number of hydrogen-bond acceptors (Lipinski definition) is 2. The normalized spacial score (nSPS) is 20.9. The van der Waals surface area contributed by atoms with Crippen LogP contribution in [0.2, 0.25) is 0 Å². The van der Waals surface area contributed by atoms with Crippen molar-refractivity contribution in [3.05, 3.63) is 0 Å². The van der Waals surface area contributed by atoms with E-state index in [1.54, 1.807) is 0 Å². The lowest BCUT2D eigenvalue weighted by molar-refractivity contribution is -0.137. The summed E-state index contributed by atoms with van der Waals surface area (Å²) in [4.78, 5) is 14.5. The maximum absolute atomic E-state index is 12.4. The zero-order valence-corrected chi connectivity index (χ0v) is 11.5. The fraction of sp³-hybridized carbons (Fsp3) is 0.929. The molecule has 1 amide bonds. The number of likely N-dealkylation sites (tertiary alicyclic amines) is 1. The number of carbonyl (C=O) groups is 1. The maximum Gasteiger partial charge on any atom is 0.225 e. The SMILES string of the molecule is CCCC(CCC)C(=O)N1CCC[C@H](CN)C1. The van der Waals surface area contributed by atoms with Gasteiger partial charge in [-0.1, -0.05) is 26.7 Å². The second-order valence-electron chi connectivity index (χ2n) is 5.30. The molecule has 0 saturated carbocycles. The first-order valence-electron chi connectivity index (χ1n) is 7.21. The molecule has 1 aliphatic rings. The minimum Gasteiger partial charge on any atom is -0.342 e. The van der Waals surface area contributed by atoms with E-state index in [1.165, 1.54) is 6.42 Å². The summed E-state index contributed by atoms with van der Waals surface area (Å²) in [5.41, 5.74) is 5.72. The van der Waals surface area contributed by atoms with Gasteiger partial charge in [0, 0.05) is 19.0 Å². The Hall–Kier alpha value is -0.570. The van der Waals surface area contributed by atoms with Crippen molar-refractivity contribution in [2.45, 2.75) is 52.4 Å². The van der Waals surface area contributed by atoms with Gasteiger partial charge < -0.3 is 10.6 Å². The molecular weight excluding hydrogens is 212 g/mol. The second-order valence-corrected chi connectivity index (χ2v) is 5.30. The Morgan fingerprint density at radius 3 is 2.53 bits per heavy atom. The number of hydrogen-bond donors (Lipinski definition) is 1. The van der Waals surface area contributed by atoms with Crippen molar-refractivity contribution in [3.8, 4) is 0 Å². The third-order valence-corrected chi connectivity index (χ3v) is 3.79. The molecule has 1 aliphatic heterocycles. The second kappa shape index (κ2) is 7.70. The molecular formula is C14H28N2O. The highest BCUT2D eigenvalue weighted by Crippen LogP contribution is 2.21. The van der Waals surface area contributed by atoms with Crippen LogP contribution in [-0.2, 0) is 4.79 Å². The van der Waals surface area contributed by atoms with Crippen LogP contribution < -0.4 is 5.73 Å². The summed E-state index contributed by atoms with van der Waals surface area (Å²) in [5, 5.41) is 0. The van der Waals surface area contributed by atoms with E-state index in [1.807, 2.05) is 0 Å². The molecule has 0 radical (unpaired) electrons. The fourth-order valence-corrected chi connectivity index (χ4v) is 2.80. The zero-order chi connectivity index (χ0) is 12.7. The topological polar surface area (TPSA) is 46.3 Å². The van der Waals surface area contributed by atoms with E-state index in [9.17, 15) is 4.79 Å². The van der Waals surface area contributed by atoms with Gasteiger partial charge in [-0.15, -0.1) is 0 Å².